The molecule has 0 aliphatic carbocycles. The van der Waals surface area contributed by atoms with Gasteiger partial charge in [-0.3, -0.25) is 0 Å². The van der Waals surface area contributed by atoms with Crippen LogP contribution in [0.4, 0.5) is 4.39 Å². The van der Waals surface area contributed by atoms with E-state index in [1.807, 2.05) is 42.5 Å². The predicted octanol–water partition coefficient (Wildman–Crippen LogP) is 5.91. The normalized spacial score (nSPS) is 12.0. The van der Waals surface area contributed by atoms with E-state index in [2.05, 4.69) is 24.4 Å². The van der Waals surface area contributed by atoms with Gasteiger partial charge in [-0.2, -0.15) is 0 Å². The number of benzene rings is 3. The molecule has 0 aliphatic rings. The number of hydrogen-bond donors (Lipinski definition) is 1. The van der Waals surface area contributed by atoms with Crippen LogP contribution >= 0.6 is 11.6 Å². The molecule has 4 heteroatoms. The summed E-state index contributed by atoms with van der Waals surface area (Å²) in [7, 11) is 0. The Morgan fingerprint density at radius 1 is 1.00 bits per heavy atom. The van der Waals surface area contributed by atoms with E-state index in [-0.39, 0.29) is 11.9 Å². The summed E-state index contributed by atoms with van der Waals surface area (Å²) in [5.74, 6) is 0.408. The van der Waals surface area contributed by atoms with Crippen LogP contribution in [0.15, 0.2) is 72.8 Å². The molecule has 3 aromatic carbocycles. The third kappa shape index (κ3) is 5.07. The Morgan fingerprint density at radius 2 is 1.73 bits per heavy atom. The third-order valence-electron chi connectivity index (χ3n) is 4.24. The van der Waals surface area contributed by atoms with Crippen LogP contribution in [-0.4, -0.2) is 0 Å². The number of hydrogen-bond acceptors (Lipinski definition) is 2. The minimum absolute atomic E-state index is 0.285. The third-order valence-corrected chi connectivity index (χ3v) is 4.60. The first-order valence-electron chi connectivity index (χ1n) is 8.56. The van der Waals surface area contributed by atoms with E-state index in [1.54, 1.807) is 6.07 Å². The van der Waals surface area contributed by atoms with E-state index in [1.165, 1.54) is 23.3 Å². The zero-order chi connectivity index (χ0) is 18.4. The van der Waals surface area contributed by atoms with Crippen molar-refractivity contribution < 1.29 is 9.13 Å². The van der Waals surface area contributed by atoms with Crippen LogP contribution in [0.2, 0.25) is 5.02 Å². The van der Waals surface area contributed by atoms with Crippen LogP contribution in [0.1, 0.15) is 29.7 Å². The molecule has 0 saturated carbocycles. The minimum atomic E-state index is -0.347. The highest BCUT2D eigenvalue weighted by atomic mass is 35.5. The van der Waals surface area contributed by atoms with Gasteiger partial charge in [0.15, 0.2) is 0 Å². The predicted molar refractivity (Wildman–Crippen MR) is 104 cm³/mol. The topological polar surface area (TPSA) is 21.3 Å². The SMILES string of the molecule is CC(NCc1ccc(OCc2ccc(F)cc2Cl)cc1)c1ccccc1. The maximum absolute atomic E-state index is 13.1. The number of ether oxygens (including phenoxy) is 1. The van der Waals surface area contributed by atoms with Gasteiger partial charge in [-0.1, -0.05) is 60.1 Å². The van der Waals surface area contributed by atoms with Crippen molar-refractivity contribution >= 4 is 11.6 Å². The van der Waals surface area contributed by atoms with Crippen molar-refractivity contribution in [1.29, 1.82) is 0 Å². The molecule has 0 fully saturated rings. The van der Waals surface area contributed by atoms with Gasteiger partial charge in [0.25, 0.3) is 0 Å². The minimum Gasteiger partial charge on any atom is -0.489 e. The zero-order valence-electron chi connectivity index (χ0n) is 14.6. The van der Waals surface area contributed by atoms with Gasteiger partial charge in [0.2, 0.25) is 0 Å². The fraction of sp³-hybridized carbons (Fsp3) is 0.182. The van der Waals surface area contributed by atoms with Crippen molar-refractivity contribution in [3.63, 3.8) is 0 Å². The molecule has 1 N–H and O–H groups in total. The van der Waals surface area contributed by atoms with E-state index < -0.39 is 0 Å². The van der Waals surface area contributed by atoms with Crippen LogP contribution in [0.5, 0.6) is 5.75 Å². The van der Waals surface area contributed by atoms with Crippen LogP contribution < -0.4 is 10.1 Å². The maximum Gasteiger partial charge on any atom is 0.124 e. The van der Waals surface area contributed by atoms with Crippen molar-refractivity contribution in [3.05, 3.63) is 100 Å². The molecule has 1 atom stereocenters. The first kappa shape index (κ1) is 18.4. The zero-order valence-corrected chi connectivity index (χ0v) is 15.3. The lowest BCUT2D eigenvalue weighted by Gasteiger charge is -2.14. The molecule has 0 heterocycles. The van der Waals surface area contributed by atoms with Gasteiger partial charge in [0, 0.05) is 18.2 Å². The lowest BCUT2D eigenvalue weighted by molar-refractivity contribution is 0.306. The molecule has 0 radical (unpaired) electrons. The molecule has 0 amide bonds. The summed E-state index contributed by atoms with van der Waals surface area (Å²) in [5.41, 5.74) is 3.21. The Bertz CT molecular complexity index is 837. The molecule has 0 spiro atoms. The van der Waals surface area contributed by atoms with Crippen molar-refractivity contribution in [2.75, 3.05) is 0 Å². The molecule has 134 valence electrons. The van der Waals surface area contributed by atoms with Gasteiger partial charge >= 0.3 is 0 Å². The standard InChI is InChI=1S/C22H21ClFNO/c1-16(18-5-3-2-4-6-18)25-14-17-7-11-21(12-8-17)26-15-19-9-10-20(24)13-22(19)23/h2-13,16,25H,14-15H2,1H3. The monoisotopic (exact) mass is 369 g/mol. The van der Waals surface area contributed by atoms with Crippen molar-refractivity contribution in [2.45, 2.75) is 26.1 Å². The molecule has 0 aliphatic heterocycles. The lowest BCUT2D eigenvalue weighted by atomic mass is 10.1. The van der Waals surface area contributed by atoms with Crippen LogP contribution in [0.3, 0.4) is 0 Å². The molecule has 3 aromatic rings. The Balaban J connectivity index is 1.52. The fourth-order valence-electron chi connectivity index (χ4n) is 2.63. The molecule has 2 nitrogen and oxygen atoms in total. The first-order chi connectivity index (χ1) is 12.6. The Kier molecular flexibility index (Phi) is 6.26. The summed E-state index contributed by atoms with van der Waals surface area (Å²) in [5, 5.41) is 3.89. The largest absolute Gasteiger partial charge is 0.489 e. The molecule has 26 heavy (non-hydrogen) atoms. The van der Waals surface area contributed by atoms with Crippen molar-refractivity contribution in [2.24, 2.45) is 0 Å². The molecule has 0 saturated heterocycles. The number of halogens is 2. The molecule has 0 aromatic heterocycles. The quantitative estimate of drug-likeness (QED) is 0.559. The molecular weight excluding hydrogens is 349 g/mol. The summed E-state index contributed by atoms with van der Waals surface area (Å²) >= 11 is 6.01. The molecule has 0 bridgehead atoms. The van der Waals surface area contributed by atoms with Gasteiger partial charge in [-0.05, 0) is 42.3 Å². The van der Waals surface area contributed by atoms with Gasteiger partial charge < -0.3 is 10.1 Å². The summed E-state index contributed by atoms with van der Waals surface area (Å²) in [6, 6.07) is 22.9. The molecule has 3 rings (SSSR count). The van der Waals surface area contributed by atoms with E-state index >= 15 is 0 Å². The van der Waals surface area contributed by atoms with Gasteiger partial charge in [0.05, 0.1) is 5.02 Å². The van der Waals surface area contributed by atoms with E-state index in [0.29, 0.717) is 11.6 Å². The van der Waals surface area contributed by atoms with Crippen molar-refractivity contribution in [1.82, 2.24) is 5.32 Å². The highest BCUT2D eigenvalue weighted by Gasteiger charge is 2.05. The summed E-state index contributed by atoms with van der Waals surface area (Å²) in [6.07, 6.45) is 0. The number of rotatable bonds is 7. The summed E-state index contributed by atoms with van der Waals surface area (Å²) in [6.45, 7) is 3.24. The molecule has 1 unspecified atom stereocenters. The smallest absolute Gasteiger partial charge is 0.124 e. The highest BCUT2D eigenvalue weighted by Crippen LogP contribution is 2.20. The van der Waals surface area contributed by atoms with E-state index in [4.69, 9.17) is 16.3 Å². The fourth-order valence-corrected chi connectivity index (χ4v) is 2.86. The second kappa shape index (κ2) is 8.84. The average Bonchev–Trinajstić information content (AvgIpc) is 2.67. The highest BCUT2D eigenvalue weighted by molar-refractivity contribution is 6.31. The second-order valence-corrected chi connectivity index (χ2v) is 6.59. The summed E-state index contributed by atoms with van der Waals surface area (Å²) < 4.78 is 18.8. The van der Waals surface area contributed by atoms with Gasteiger partial charge in [0.1, 0.15) is 18.2 Å². The van der Waals surface area contributed by atoms with E-state index in [0.717, 1.165) is 17.9 Å². The Hall–Kier alpha value is -2.36. The Morgan fingerprint density at radius 3 is 2.42 bits per heavy atom. The van der Waals surface area contributed by atoms with Crippen LogP contribution in [-0.2, 0) is 13.2 Å². The first-order valence-corrected chi connectivity index (χ1v) is 8.93. The van der Waals surface area contributed by atoms with Crippen LogP contribution in [0.25, 0.3) is 0 Å². The van der Waals surface area contributed by atoms with Crippen molar-refractivity contribution in [3.8, 4) is 5.75 Å². The van der Waals surface area contributed by atoms with Gasteiger partial charge in [-0.25, -0.2) is 4.39 Å². The second-order valence-electron chi connectivity index (χ2n) is 6.18. The maximum atomic E-state index is 13.1. The average molecular weight is 370 g/mol. The molecular formula is C22H21ClFNO. The lowest BCUT2D eigenvalue weighted by Crippen LogP contribution is -2.17. The summed E-state index contributed by atoms with van der Waals surface area (Å²) in [4.78, 5) is 0. The van der Waals surface area contributed by atoms with Gasteiger partial charge in [-0.15, -0.1) is 0 Å². The van der Waals surface area contributed by atoms with E-state index in [9.17, 15) is 4.39 Å². The Labute approximate surface area is 158 Å². The van der Waals surface area contributed by atoms with Crippen LogP contribution in [0, 0.1) is 5.82 Å². The number of nitrogens with one attached hydrogen (secondary N) is 1.